The van der Waals surface area contributed by atoms with E-state index in [-0.39, 0.29) is 43.8 Å². The van der Waals surface area contributed by atoms with Crippen molar-refractivity contribution in [2.24, 2.45) is 28.6 Å². The first-order chi connectivity index (χ1) is 19.8. The van der Waals surface area contributed by atoms with Crippen LogP contribution in [-0.4, -0.2) is 88.3 Å². The largest absolute Gasteiger partial charge is 0.462 e. The van der Waals surface area contributed by atoms with E-state index in [2.05, 4.69) is 6.08 Å². The molecule has 11 heteroatoms. The summed E-state index contributed by atoms with van der Waals surface area (Å²) in [6.45, 7) is 5.25. The van der Waals surface area contributed by atoms with Gasteiger partial charge in [0.15, 0.2) is 0 Å². The number of hydrogen-bond acceptors (Lipinski definition) is 11. The lowest BCUT2D eigenvalue weighted by atomic mass is 9.45. The lowest BCUT2D eigenvalue weighted by Gasteiger charge is -2.62. The molecule has 0 bridgehead atoms. The summed E-state index contributed by atoms with van der Waals surface area (Å²) in [7, 11) is 0. The third kappa shape index (κ3) is 3.76. The van der Waals surface area contributed by atoms with Crippen molar-refractivity contribution in [2.45, 2.75) is 114 Å². The molecule has 2 saturated heterocycles. The highest BCUT2D eigenvalue weighted by molar-refractivity contribution is 5.85. The molecule has 7 rings (SSSR count). The minimum Gasteiger partial charge on any atom is -0.462 e. The summed E-state index contributed by atoms with van der Waals surface area (Å²) in [6, 6.07) is 0. The summed E-state index contributed by atoms with van der Waals surface area (Å²) in [6.07, 6.45) is 2.79. The van der Waals surface area contributed by atoms with Crippen molar-refractivity contribution >= 4 is 18.2 Å². The van der Waals surface area contributed by atoms with Gasteiger partial charge in [0.1, 0.15) is 25.1 Å². The third-order valence-electron chi connectivity index (χ3n) is 11.9. The van der Waals surface area contributed by atoms with Crippen molar-refractivity contribution in [3.8, 4) is 0 Å². The summed E-state index contributed by atoms with van der Waals surface area (Å²) < 4.78 is 29.2. The fraction of sp³-hybridized carbons (Fsp3) is 0.774. The van der Waals surface area contributed by atoms with Crippen molar-refractivity contribution < 1.29 is 53.4 Å². The van der Waals surface area contributed by atoms with Crippen molar-refractivity contribution in [3.05, 3.63) is 23.3 Å². The predicted molar refractivity (Wildman–Crippen MR) is 142 cm³/mol. The van der Waals surface area contributed by atoms with Crippen molar-refractivity contribution in [1.29, 1.82) is 0 Å². The Morgan fingerprint density at radius 3 is 2.64 bits per heavy atom. The molecular formula is C31H40O11. The maximum atomic E-state index is 13.2. The number of aliphatic hydroxyl groups is 3. The molecular weight excluding hydrogens is 548 g/mol. The zero-order valence-corrected chi connectivity index (χ0v) is 24.2. The smallest absolute Gasteiger partial charge is 0.331 e. The number of fused-ring (bicyclic) bond motifs is 7. The van der Waals surface area contributed by atoms with Gasteiger partial charge in [-0.05, 0) is 56.4 Å². The Morgan fingerprint density at radius 2 is 1.95 bits per heavy atom. The van der Waals surface area contributed by atoms with E-state index in [4.69, 9.17) is 23.7 Å². The summed E-state index contributed by atoms with van der Waals surface area (Å²) in [5.41, 5.74) is -1.32. The minimum absolute atomic E-state index is 0.0992. The third-order valence-corrected chi connectivity index (χ3v) is 11.9. The van der Waals surface area contributed by atoms with Gasteiger partial charge in [0, 0.05) is 37.2 Å². The molecule has 3 N–H and O–H groups in total. The fourth-order valence-corrected chi connectivity index (χ4v) is 9.99. The molecule has 4 aliphatic carbocycles. The second-order valence-electron chi connectivity index (χ2n) is 13.9. The van der Waals surface area contributed by atoms with Gasteiger partial charge < -0.3 is 43.8 Å². The molecule has 0 amide bonds. The number of carbonyl (C=O) groups excluding carboxylic acids is 3. The van der Waals surface area contributed by atoms with Crippen LogP contribution in [-0.2, 0) is 38.1 Å². The topological polar surface area (TPSA) is 158 Å². The van der Waals surface area contributed by atoms with E-state index in [1.54, 1.807) is 6.92 Å². The first-order valence-electron chi connectivity index (χ1n) is 15.2. The fourth-order valence-electron chi connectivity index (χ4n) is 9.99. The summed E-state index contributed by atoms with van der Waals surface area (Å²) in [4.78, 5) is 37.4. The van der Waals surface area contributed by atoms with Gasteiger partial charge in [0.25, 0.3) is 0 Å². The van der Waals surface area contributed by atoms with Crippen LogP contribution < -0.4 is 0 Å². The molecule has 42 heavy (non-hydrogen) atoms. The van der Waals surface area contributed by atoms with E-state index >= 15 is 0 Å². The van der Waals surface area contributed by atoms with Gasteiger partial charge in [0.2, 0.25) is 12.1 Å². The monoisotopic (exact) mass is 588 g/mol. The van der Waals surface area contributed by atoms with Crippen LogP contribution in [0.15, 0.2) is 23.3 Å². The van der Waals surface area contributed by atoms with E-state index in [0.717, 1.165) is 17.4 Å². The molecule has 7 aliphatic rings. The molecule has 13 atom stereocenters. The van der Waals surface area contributed by atoms with E-state index in [1.807, 2.05) is 6.92 Å². The Hall–Kier alpha value is -2.15. The maximum Gasteiger partial charge on any atom is 0.331 e. The molecule has 3 saturated carbocycles. The van der Waals surface area contributed by atoms with Crippen LogP contribution >= 0.6 is 0 Å². The van der Waals surface area contributed by atoms with Crippen molar-refractivity contribution in [1.82, 2.24) is 0 Å². The molecule has 3 heterocycles. The maximum absolute atomic E-state index is 13.2. The average Bonchev–Trinajstić information content (AvgIpc) is 3.43. The van der Waals surface area contributed by atoms with E-state index < -0.39 is 70.8 Å². The first kappa shape index (κ1) is 28.6. The molecule has 230 valence electrons. The van der Waals surface area contributed by atoms with Crippen LogP contribution in [0.2, 0.25) is 0 Å². The number of aliphatic hydroxyl groups excluding tert-OH is 1. The summed E-state index contributed by atoms with van der Waals surface area (Å²) >= 11 is 0. The Balaban J connectivity index is 1.23. The zero-order valence-electron chi connectivity index (χ0n) is 24.2. The molecule has 0 aromatic rings. The Bertz CT molecular complexity index is 1260. The highest BCUT2D eigenvalue weighted by Gasteiger charge is 2.72. The van der Waals surface area contributed by atoms with Crippen LogP contribution in [0.1, 0.15) is 65.7 Å². The number of allylic oxidation sites excluding steroid dienone is 1. The highest BCUT2D eigenvalue weighted by Crippen LogP contribution is 2.69. The van der Waals surface area contributed by atoms with Crippen LogP contribution in [0.3, 0.4) is 0 Å². The molecule has 0 radical (unpaired) electrons. The lowest BCUT2D eigenvalue weighted by Crippen LogP contribution is -2.70. The average molecular weight is 589 g/mol. The molecule has 3 aliphatic heterocycles. The zero-order chi connectivity index (χ0) is 29.8. The molecule has 0 aromatic heterocycles. The summed E-state index contributed by atoms with van der Waals surface area (Å²) in [5.74, 6) is -3.90. The van der Waals surface area contributed by atoms with Crippen LogP contribution in [0.5, 0.6) is 0 Å². The lowest BCUT2D eigenvalue weighted by molar-refractivity contribution is -0.453. The molecule has 11 nitrogen and oxygen atoms in total. The Kier molecular flexibility index (Phi) is 6.42. The second kappa shape index (κ2) is 9.42. The summed E-state index contributed by atoms with van der Waals surface area (Å²) in [5, 5.41) is 34.7. The second-order valence-corrected chi connectivity index (χ2v) is 13.9. The minimum atomic E-state index is -2.04. The normalized spacial score (nSPS) is 52.8. The number of ether oxygens (including phenoxy) is 5. The molecule has 13 unspecified atom stereocenters. The standard InChI is InChI=1S/C31H40O11/c1-15-8-24(34)31(37)27(39-15)41-21-10-18-4-5-20-19(29(18,14-32)11-22(21)42-31)6-7-28(3)26(17-9-25(35)38-13-17)23(40-16(2)33)12-30(20,28)36/h4,9,14-15,19-24,26-27,34,36-37H,5-8,10-13H2,1-3H3. The van der Waals surface area contributed by atoms with Crippen LogP contribution in [0.4, 0.5) is 0 Å². The quantitative estimate of drug-likeness (QED) is 0.249. The van der Waals surface area contributed by atoms with Gasteiger partial charge in [-0.15, -0.1) is 0 Å². The van der Waals surface area contributed by atoms with Gasteiger partial charge in [-0.1, -0.05) is 18.6 Å². The van der Waals surface area contributed by atoms with Gasteiger partial charge in [-0.2, -0.15) is 0 Å². The molecule has 0 spiro atoms. The van der Waals surface area contributed by atoms with E-state index in [9.17, 15) is 29.7 Å². The van der Waals surface area contributed by atoms with Crippen molar-refractivity contribution in [2.75, 3.05) is 6.61 Å². The van der Waals surface area contributed by atoms with Gasteiger partial charge in [-0.3, -0.25) is 4.79 Å². The Labute approximate surface area is 244 Å². The number of hydrogen-bond donors (Lipinski definition) is 3. The highest BCUT2D eigenvalue weighted by atomic mass is 16.8. The van der Waals surface area contributed by atoms with Gasteiger partial charge >= 0.3 is 11.9 Å². The number of esters is 2. The number of carbonyl (C=O) groups is 3. The van der Waals surface area contributed by atoms with E-state index in [0.29, 0.717) is 25.7 Å². The number of rotatable bonds is 3. The number of cyclic esters (lactones) is 1. The van der Waals surface area contributed by atoms with Gasteiger partial charge in [-0.25, -0.2) is 4.79 Å². The van der Waals surface area contributed by atoms with Crippen LogP contribution in [0, 0.1) is 28.6 Å². The van der Waals surface area contributed by atoms with Gasteiger partial charge in [0.05, 0.1) is 29.3 Å². The Morgan fingerprint density at radius 1 is 1.17 bits per heavy atom. The SMILES string of the molecule is CC(=O)OC1CC2(O)C3CC=C4CC5OC6OC(C)CC(O)C6(O)OC5CC4(C=O)C3CCC2(C)C1C1=CC(=O)OC1. The first-order valence-corrected chi connectivity index (χ1v) is 15.2. The molecule has 5 fully saturated rings. The molecule has 0 aromatic carbocycles. The predicted octanol–water partition coefficient (Wildman–Crippen LogP) is 1.46. The van der Waals surface area contributed by atoms with Crippen LogP contribution in [0.25, 0.3) is 0 Å². The van der Waals surface area contributed by atoms with Crippen molar-refractivity contribution in [3.63, 3.8) is 0 Å². The van der Waals surface area contributed by atoms with E-state index in [1.165, 1.54) is 13.0 Å². The number of aldehydes is 1.